The molecule has 0 N–H and O–H groups in total. The number of halogens is 1. The van der Waals surface area contributed by atoms with Crippen LogP contribution in [0.1, 0.15) is 5.69 Å². The molecular weight excluding hydrogens is 224 g/mol. The van der Waals surface area contributed by atoms with Crippen molar-refractivity contribution in [3.63, 3.8) is 0 Å². The molecule has 4 heteroatoms. The molecule has 3 nitrogen and oxygen atoms in total. The van der Waals surface area contributed by atoms with Gasteiger partial charge < -0.3 is 4.57 Å². The Kier molecular flexibility index (Phi) is 2.67. The number of hydrogen-bond acceptors (Lipinski definition) is 2. The molecule has 0 amide bonds. The van der Waals surface area contributed by atoms with Crippen LogP contribution >= 0.6 is 11.6 Å². The predicted molar refractivity (Wildman–Crippen MR) is 63.6 cm³/mol. The summed E-state index contributed by atoms with van der Waals surface area (Å²) in [5, 5.41) is 9.83. The van der Waals surface area contributed by atoms with Crippen molar-refractivity contribution in [2.75, 3.05) is 0 Å². The third-order valence-electron chi connectivity index (χ3n) is 2.51. The fraction of sp³-hybridized carbons (Fsp3) is 0.167. The fourth-order valence-corrected chi connectivity index (χ4v) is 1.93. The molecule has 2 rings (SSSR count). The van der Waals surface area contributed by atoms with Crippen molar-refractivity contribution in [1.82, 2.24) is 4.57 Å². The number of nitrogens with zero attached hydrogens (tertiary/aromatic N) is 2. The van der Waals surface area contributed by atoms with Crippen molar-refractivity contribution < 1.29 is 0 Å². The summed E-state index contributed by atoms with van der Waals surface area (Å²) in [5.74, 6) is 0. The molecule has 1 aromatic carbocycles. The van der Waals surface area contributed by atoms with E-state index in [1.165, 1.54) is 6.07 Å². The Bertz CT molecular complexity index is 652. The number of aromatic nitrogens is 1. The number of aryl methyl sites for hydroxylation is 1. The molecule has 0 spiro atoms. The zero-order valence-corrected chi connectivity index (χ0v) is 9.45. The first-order chi connectivity index (χ1) is 7.63. The lowest BCUT2D eigenvalue weighted by atomic mass is 10.2. The number of rotatable bonds is 1. The van der Waals surface area contributed by atoms with Crippen LogP contribution in [0.3, 0.4) is 0 Å². The molecule has 1 heterocycles. The summed E-state index contributed by atoms with van der Waals surface area (Å²) in [6, 6.07) is 8.72. The molecule has 0 aliphatic rings. The van der Waals surface area contributed by atoms with Gasteiger partial charge in [0.15, 0.2) is 5.43 Å². The van der Waals surface area contributed by atoms with Gasteiger partial charge in [0.25, 0.3) is 0 Å². The van der Waals surface area contributed by atoms with E-state index >= 15 is 0 Å². The van der Waals surface area contributed by atoms with Gasteiger partial charge in [-0.2, -0.15) is 5.26 Å². The van der Waals surface area contributed by atoms with Gasteiger partial charge >= 0.3 is 0 Å². The molecule has 80 valence electrons. The van der Waals surface area contributed by atoms with Crippen molar-refractivity contribution in [2.24, 2.45) is 0 Å². The van der Waals surface area contributed by atoms with E-state index in [0.29, 0.717) is 10.4 Å². The maximum absolute atomic E-state index is 11.8. The summed E-state index contributed by atoms with van der Waals surface area (Å²) in [4.78, 5) is 11.8. The van der Waals surface area contributed by atoms with Crippen LogP contribution in [0.15, 0.2) is 29.1 Å². The summed E-state index contributed by atoms with van der Waals surface area (Å²) in [6.45, 7) is 2.04. The molecule has 0 atom stereocenters. The average molecular weight is 233 g/mol. The van der Waals surface area contributed by atoms with E-state index in [9.17, 15) is 4.79 Å². The number of nitriles is 1. The van der Waals surface area contributed by atoms with Crippen LogP contribution in [-0.4, -0.2) is 4.57 Å². The van der Waals surface area contributed by atoms with Crippen LogP contribution < -0.4 is 5.43 Å². The van der Waals surface area contributed by atoms with Crippen molar-refractivity contribution in [3.05, 3.63) is 45.2 Å². The predicted octanol–water partition coefficient (Wildman–Crippen LogP) is 2.49. The molecular formula is C12H9ClN2O. The molecule has 1 aromatic heterocycles. The van der Waals surface area contributed by atoms with Gasteiger partial charge in [-0.3, -0.25) is 4.79 Å². The van der Waals surface area contributed by atoms with Gasteiger partial charge in [0, 0.05) is 22.2 Å². The van der Waals surface area contributed by atoms with Crippen molar-refractivity contribution in [1.29, 1.82) is 5.26 Å². The number of benzene rings is 1. The molecule has 0 unspecified atom stereocenters. The Morgan fingerprint density at radius 2 is 2.19 bits per heavy atom. The Balaban J connectivity index is 2.91. The largest absolute Gasteiger partial charge is 0.331 e. The summed E-state index contributed by atoms with van der Waals surface area (Å²) < 4.78 is 1.80. The van der Waals surface area contributed by atoms with Crippen molar-refractivity contribution in [2.45, 2.75) is 13.5 Å². The highest BCUT2D eigenvalue weighted by Crippen LogP contribution is 2.17. The van der Waals surface area contributed by atoms with Gasteiger partial charge in [-0.15, -0.1) is 0 Å². The lowest BCUT2D eigenvalue weighted by Crippen LogP contribution is -2.11. The quantitative estimate of drug-likeness (QED) is 0.758. The molecule has 0 saturated heterocycles. The third kappa shape index (κ3) is 1.68. The van der Waals surface area contributed by atoms with Gasteiger partial charge in [-0.1, -0.05) is 11.6 Å². The van der Waals surface area contributed by atoms with Gasteiger partial charge in [-0.05, 0) is 25.1 Å². The zero-order valence-electron chi connectivity index (χ0n) is 8.70. The van der Waals surface area contributed by atoms with E-state index in [1.807, 2.05) is 6.92 Å². The van der Waals surface area contributed by atoms with E-state index in [-0.39, 0.29) is 12.0 Å². The van der Waals surface area contributed by atoms with Crippen LogP contribution in [0.4, 0.5) is 0 Å². The first-order valence-corrected chi connectivity index (χ1v) is 5.18. The molecule has 2 aromatic rings. The van der Waals surface area contributed by atoms with E-state index < -0.39 is 0 Å². The van der Waals surface area contributed by atoms with Crippen molar-refractivity contribution in [3.8, 4) is 6.07 Å². The summed E-state index contributed by atoms with van der Waals surface area (Å²) in [5.41, 5.74) is 1.46. The topological polar surface area (TPSA) is 45.8 Å². The SMILES string of the molecule is Cc1cc(=O)c2cc(Cl)ccc2n1CC#N. The Labute approximate surface area is 97.5 Å². The van der Waals surface area contributed by atoms with Crippen LogP contribution in [0.5, 0.6) is 0 Å². The second kappa shape index (κ2) is 3.99. The third-order valence-corrected chi connectivity index (χ3v) is 2.74. The maximum atomic E-state index is 11.8. The number of pyridine rings is 1. The van der Waals surface area contributed by atoms with E-state index in [4.69, 9.17) is 16.9 Å². The minimum Gasteiger partial charge on any atom is -0.331 e. The Morgan fingerprint density at radius 3 is 2.88 bits per heavy atom. The smallest absolute Gasteiger partial charge is 0.189 e. The highest BCUT2D eigenvalue weighted by molar-refractivity contribution is 6.31. The zero-order chi connectivity index (χ0) is 11.7. The molecule has 0 radical (unpaired) electrons. The Hall–Kier alpha value is -1.79. The van der Waals surface area contributed by atoms with Gasteiger partial charge in [0.1, 0.15) is 6.54 Å². The van der Waals surface area contributed by atoms with Gasteiger partial charge in [0.05, 0.1) is 11.6 Å². The molecule has 0 saturated carbocycles. The lowest BCUT2D eigenvalue weighted by molar-refractivity contribution is 0.823. The molecule has 0 aliphatic carbocycles. The first kappa shape index (κ1) is 10.7. The fourth-order valence-electron chi connectivity index (χ4n) is 1.76. The van der Waals surface area contributed by atoms with E-state index in [2.05, 4.69) is 6.07 Å². The molecule has 0 bridgehead atoms. The van der Waals surface area contributed by atoms with E-state index in [1.54, 1.807) is 22.8 Å². The summed E-state index contributed by atoms with van der Waals surface area (Å²) >= 11 is 5.85. The minimum absolute atomic E-state index is 0.0656. The molecule has 16 heavy (non-hydrogen) atoms. The highest BCUT2D eigenvalue weighted by atomic mass is 35.5. The highest BCUT2D eigenvalue weighted by Gasteiger charge is 2.06. The molecule has 0 fully saturated rings. The van der Waals surface area contributed by atoms with E-state index in [0.717, 1.165) is 11.2 Å². The maximum Gasteiger partial charge on any atom is 0.189 e. The van der Waals surface area contributed by atoms with Gasteiger partial charge in [-0.25, -0.2) is 0 Å². The second-order valence-electron chi connectivity index (χ2n) is 3.56. The summed E-state index contributed by atoms with van der Waals surface area (Å²) in [6.07, 6.45) is 0. The minimum atomic E-state index is -0.0656. The lowest BCUT2D eigenvalue weighted by Gasteiger charge is -2.10. The first-order valence-electron chi connectivity index (χ1n) is 4.80. The number of fused-ring (bicyclic) bond motifs is 1. The average Bonchev–Trinajstić information content (AvgIpc) is 2.24. The van der Waals surface area contributed by atoms with Crippen molar-refractivity contribution >= 4 is 22.5 Å². The van der Waals surface area contributed by atoms with Crippen LogP contribution in [-0.2, 0) is 6.54 Å². The van der Waals surface area contributed by atoms with Crippen LogP contribution in [0.25, 0.3) is 10.9 Å². The van der Waals surface area contributed by atoms with Gasteiger partial charge in [0.2, 0.25) is 0 Å². The number of hydrogen-bond donors (Lipinski definition) is 0. The second-order valence-corrected chi connectivity index (χ2v) is 3.99. The molecule has 0 aliphatic heterocycles. The monoisotopic (exact) mass is 232 g/mol. The normalized spacial score (nSPS) is 10.3. The Morgan fingerprint density at radius 1 is 1.44 bits per heavy atom. The standard InChI is InChI=1S/C12H9ClN2O/c1-8-6-12(16)10-7-9(13)2-3-11(10)15(8)5-4-14/h2-3,6-7H,5H2,1H3. The summed E-state index contributed by atoms with van der Waals surface area (Å²) in [7, 11) is 0. The van der Waals surface area contributed by atoms with Crippen LogP contribution in [0, 0.1) is 18.3 Å². The van der Waals surface area contributed by atoms with Crippen LogP contribution in [0.2, 0.25) is 5.02 Å².